The van der Waals surface area contributed by atoms with E-state index in [9.17, 15) is 4.79 Å². The molecule has 1 amide bonds. The summed E-state index contributed by atoms with van der Waals surface area (Å²) >= 11 is 1.52. The molecule has 22 heavy (non-hydrogen) atoms. The third-order valence-electron chi connectivity index (χ3n) is 3.46. The van der Waals surface area contributed by atoms with Crippen LogP contribution >= 0.6 is 11.3 Å². The largest absolute Gasteiger partial charge is 0.376 e. The zero-order valence-electron chi connectivity index (χ0n) is 12.2. The maximum absolute atomic E-state index is 12.0. The van der Waals surface area contributed by atoms with Gasteiger partial charge in [-0.2, -0.15) is 0 Å². The highest BCUT2D eigenvalue weighted by molar-refractivity contribution is 7.13. The molecule has 0 spiro atoms. The molecule has 3 rings (SSSR count). The SMILES string of the molecule is O=C(Cc1csc(NC[C@@H]2CCCO2)n1)Nc1ccccc1. The Labute approximate surface area is 133 Å². The van der Waals surface area contributed by atoms with Gasteiger partial charge >= 0.3 is 0 Å². The second kappa shape index (κ2) is 7.38. The van der Waals surface area contributed by atoms with E-state index >= 15 is 0 Å². The molecule has 2 heterocycles. The molecule has 0 aliphatic carbocycles. The molecular weight excluding hydrogens is 298 g/mol. The number of carbonyl (C=O) groups excluding carboxylic acids is 1. The van der Waals surface area contributed by atoms with Crippen molar-refractivity contribution in [2.24, 2.45) is 0 Å². The lowest BCUT2D eigenvalue weighted by atomic mass is 10.2. The summed E-state index contributed by atoms with van der Waals surface area (Å²) < 4.78 is 5.56. The number of ether oxygens (including phenoxy) is 1. The molecule has 116 valence electrons. The van der Waals surface area contributed by atoms with Crippen LogP contribution in [0.1, 0.15) is 18.5 Å². The fourth-order valence-electron chi connectivity index (χ4n) is 2.37. The quantitative estimate of drug-likeness (QED) is 0.860. The highest BCUT2D eigenvalue weighted by Gasteiger charge is 2.15. The van der Waals surface area contributed by atoms with Crippen LogP contribution in [0, 0.1) is 0 Å². The Balaban J connectivity index is 1.47. The van der Waals surface area contributed by atoms with Crippen LogP contribution in [0.15, 0.2) is 35.7 Å². The van der Waals surface area contributed by atoms with Gasteiger partial charge < -0.3 is 15.4 Å². The van der Waals surface area contributed by atoms with Crippen molar-refractivity contribution in [3.63, 3.8) is 0 Å². The smallest absolute Gasteiger partial charge is 0.230 e. The van der Waals surface area contributed by atoms with Gasteiger partial charge in [-0.3, -0.25) is 4.79 Å². The molecule has 1 aromatic heterocycles. The Hall–Kier alpha value is -1.92. The number of para-hydroxylation sites is 1. The molecule has 1 atom stereocenters. The highest BCUT2D eigenvalue weighted by atomic mass is 32.1. The molecule has 1 aliphatic heterocycles. The molecular formula is C16H19N3O2S. The van der Waals surface area contributed by atoms with Crippen molar-refractivity contribution < 1.29 is 9.53 Å². The van der Waals surface area contributed by atoms with Gasteiger partial charge in [-0.05, 0) is 25.0 Å². The predicted octanol–water partition coefficient (Wildman–Crippen LogP) is 2.92. The van der Waals surface area contributed by atoms with Gasteiger partial charge in [0.05, 0.1) is 18.2 Å². The van der Waals surface area contributed by atoms with Gasteiger partial charge in [0.25, 0.3) is 0 Å². The highest BCUT2D eigenvalue weighted by Crippen LogP contribution is 2.18. The molecule has 2 N–H and O–H groups in total. The summed E-state index contributed by atoms with van der Waals surface area (Å²) in [5.41, 5.74) is 1.59. The van der Waals surface area contributed by atoms with Crippen LogP contribution in [0.2, 0.25) is 0 Å². The minimum Gasteiger partial charge on any atom is -0.376 e. The van der Waals surface area contributed by atoms with E-state index in [4.69, 9.17) is 4.74 Å². The number of hydrogen-bond acceptors (Lipinski definition) is 5. The summed E-state index contributed by atoms with van der Waals surface area (Å²) in [5.74, 6) is -0.0535. The number of carbonyl (C=O) groups is 1. The van der Waals surface area contributed by atoms with Crippen LogP contribution in [0.4, 0.5) is 10.8 Å². The van der Waals surface area contributed by atoms with Crippen LogP contribution in [-0.2, 0) is 16.0 Å². The number of thiazole rings is 1. The van der Waals surface area contributed by atoms with Crippen LogP contribution in [0.25, 0.3) is 0 Å². The second-order valence-electron chi connectivity index (χ2n) is 5.25. The number of benzene rings is 1. The van der Waals surface area contributed by atoms with E-state index in [0.29, 0.717) is 0 Å². The van der Waals surface area contributed by atoms with Gasteiger partial charge in [0.2, 0.25) is 5.91 Å². The van der Waals surface area contributed by atoms with E-state index in [1.54, 1.807) is 0 Å². The molecule has 1 aliphatic rings. The van der Waals surface area contributed by atoms with E-state index < -0.39 is 0 Å². The molecule has 0 bridgehead atoms. The summed E-state index contributed by atoms with van der Waals surface area (Å²) in [6.45, 7) is 1.64. The standard InChI is InChI=1S/C16H19N3O2S/c20-15(18-12-5-2-1-3-6-12)9-13-11-22-16(19-13)17-10-14-7-4-8-21-14/h1-3,5-6,11,14H,4,7-10H2,(H,17,19)(H,18,20)/t14-/m0/s1. The first kappa shape index (κ1) is 15.0. The number of aromatic nitrogens is 1. The molecule has 0 unspecified atom stereocenters. The number of hydrogen-bond donors (Lipinski definition) is 2. The lowest BCUT2D eigenvalue weighted by Gasteiger charge is -2.09. The van der Waals surface area contributed by atoms with Gasteiger partial charge in [-0.25, -0.2) is 4.98 Å². The first-order valence-corrected chi connectivity index (χ1v) is 8.32. The summed E-state index contributed by atoms with van der Waals surface area (Å²) in [4.78, 5) is 16.4. The molecule has 1 saturated heterocycles. The van der Waals surface area contributed by atoms with Crippen molar-refractivity contribution in [3.05, 3.63) is 41.4 Å². The van der Waals surface area contributed by atoms with Gasteiger partial charge in [0.1, 0.15) is 0 Å². The van der Waals surface area contributed by atoms with Crippen LogP contribution in [0.3, 0.4) is 0 Å². The van der Waals surface area contributed by atoms with E-state index in [0.717, 1.165) is 42.5 Å². The van der Waals surface area contributed by atoms with Gasteiger partial charge in [-0.15, -0.1) is 11.3 Å². The molecule has 6 heteroatoms. The van der Waals surface area contributed by atoms with E-state index in [1.807, 2.05) is 35.7 Å². The Morgan fingerprint density at radius 2 is 2.23 bits per heavy atom. The third-order valence-corrected chi connectivity index (χ3v) is 4.30. The van der Waals surface area contributed by atoms with Crippen molar-refractivity contribution in [3.8, 4) is 0 Å². The predicted molar refractivity (Wildman–Crippen MR) is 88.4 cm³/mol. The topological polar surface area (TPSA) is 63.2 Å². The maximum Gasteiger partial charge on any atom is 0.230 e. The fraction of sp³-hybridized carbons (Fsp3) is 0.375. The molecule has 0 saturated carbocycles. The summed E-state index contributed by atoms with van der Waals surface area (Å²) in [6.07, 6.45) is 2.81. The Morgan fingerprint density at radius 3 is 3.00 bits per heavy atom. The van der Waals surface area contributed by atoms with Gasteiger partial charge in [0, 0.05) is 24.2 Å². The monoisotopic (exact) mass is 317 g/mol. The van der Waals surface area contributed by atoms with E-state index in [-0.39, 0.29) is 18.4 Å². The molecule has 5 nitrogen and oxygen atoms in total. The minimum atomic E-state index is -0.0535. The average Bonchev–Trinajstić information content (AvgIpc) is 3.17. The van der Waals surface area contributed by atoms with Crippen LogP contribution in [0.5, 0.6) is 0 Å². The average molecular weight is 317 g/mol. The van der Waals surface area contributed by atoms with Crippen molar-refractivity contribution in [2.75, 3.05) is 23.8 Å². The summed E-state index contributed by atoms with van der Waals surface area (Å²) in [5, 5.41) is 8.91. The van der Waals surface area contributed by atoms with E-state index in [2.05, 4.69) is 15.6 Å². The second-order valence-corrected chi connectivity index (χ2v) is 6.11. The minimum absolute atomic E-state index is 0.0535. The fourth-order valence-corrected chi connectivity index (χ4v) is 3.09. The lowest BCUT2D eigenvalue weighted by Crippen LogP contribution is -2.18. The summed E-state index contributed by atoms with van der Waals surface area (Å²) in [7, 11) is 0. The Morgan fingerprint density at radius 1 is 1.36 bits per heavy atom. The Kier molecular flexibility index (Phi) is 5.03. The van der Waals surface area contributed by atoms with Crippen molar-refractivity contribution in [2.45, 2.75) is 25.4 Å². The van der Waals surface area contributed by atoms with Crippen molar-refractivity contribution >= 4 is 28.1 Å². The normalized spacial score (nSPS) is 17.4. The first-order chi connectivity index (χ1) is 10.8. The molecule has 2 aromatic rings. The first-order valence-electron chi connectivity index (χ1n) is 7.44. The van der Waals surface area contributed by atoms with Crippen molar-refractivity contribution in [1.82, 2.24) is 4.98 Å². The molecule has 1 aromatic carbocycles. The number of anilines is 2. The zero-order valence-corrected chi connectivity index (χ0v) is 13.1. The molecule has 1 fully saturated rings. The lowest BCUT2D eigenvalue weighted by molar-refractivity contribution is -0.115. The van der Waals surface area contributed by atoms with Gasteiger partial charge in [0.15, 0.2) is 5.13 Å². The Bertz CT molecular complexity index is 609. The van der Waals surface area contributed by atoms with Crippen LogP contribution in [-0.4, -0.2) is 30.1 Å². The molecule has 0 radical (unpaired) electrons. The summed E-state index contributed by atoms with van der Waals surface area (Å²) in [6, 6.07) is 9.44. The maximum atomic E-state index is 12.0. The zero-order chi connectivity index (χ0) is 15.2. The number of rotatable bonds is 6. The van der Waals surface area contributed by atoms with Crippen LogP contribution < -0.4 is 10.6 Å². The number of nitrogens with zero attached hydrogens (tertiary/aromatic N) is 1. The third kappa shape index (κ3) is 4.29. The number of nitrogens with one attached hydrogen (secondary N) is 2. The van der Waals surface area contributed by atoms with E-state index in [1.165, 1.54) is 11.3 Å². The number of amides is 1. The van der Waals surface area contributed by atoms with Gasteiger partial charge in [-0.1, -0.05) is 18.2 Å². The van der Waals surface area contributed by atoms with Crippen molar-refractivity contribution in [1.29, 1.82) is 0 Å².